The van der Waals surface area contributed by atoms with Gasteiger partial charge in [0.1, 0.15) is 5.76 Å². The zero-order valence-electron chi connectivity index (χ0n) is 8.64. The van der Waals surface area contributed by atoms with Gasteiger partial charge in [0.05, 0.1) is 6.54 Å². The molecule has 3 heteroatoms. The van der Waals surface area contributed by atoms with Gasteiger partial charge in [-0.05, 0) is 18.6 Å². The Balaban J connectivity index is 2.05. The molecule has 0 aliphatic carbocycles. The zero-order valence-corrected chi connectivity index (χ0v) is 8.64. The summed E-state index contributed by atoms with van der Waals surface area (Å²) in [5, 5.41) is 0. The Bertz CT molecular complexity index is 384. The average molecular weight is 203 g/mol. The molecule has 1 heterocycles. The highest BCUT2D eigenvalue weighted by atomic mass is 16.6. The van der Waals surface area contributed by atoms with Crippen LogP contribution in [0.1, 0.15) is 12.5 Å². The van der Waals surface area contributed by atoms with Crippen LogP contribution in [0.2, 0.25) is 0 Å². The Labute approximate surface area is 89.0 Å². The van der Waals surface area contributed by atoms with Crippen molar-refractivity contribution in [2.24, 2.45) is 0 Å². The molecule has 0 saturated carbocycles. The number of carbonyl (C=O) groups excluding carboxylic acids is 1. The molecule has 0 bridgehead atoms. The van der Waals surface area contributed by atoms with Crippen molar-refractivity contribution in [1.82, 2.24) is 4.90 Å². The van der Waals surface area contributed by atoms with E-state index in [1.54, 1.807) is 4.90 Å². The van der Waals surface area contributed by atoms with E-state index in [1.807, 2.05) is 43.3 Å². The summed E-state index contributed by atoms with van der Waals surface area (Å²) in [5.41, 5.74) is 1.12. The van der Waals surface area contributed by atoms with Gasteiger partial charge in [-0.3, -0.25) is 4.90 Å². The second kappa shape index (κ2) is 4.17. The predicted molar refractivity (Wildman–Crippen MR) is 57.1 cm³/mol. The summed E-state index contributed by atoms with van der Waals surface area (Å²) in [4.78, 5) is 13.1. The first-order chi connectivity index (χ1) is 7.29. The number of hydrogen-bond donors (Lipinski definition) is 0. The van der Waals surface area contributed by atoms with E-state index in [9.17, 15) is 4.79 Å². The lowest BCUT2D eigenvalue weighted by molar-refractivity contribution is 0.167. The molecule has 1 aromatic rings. The van der Waals surface area contributed by atoms with Crippen molar-refractivity contribution < 1.29 is 9.53 Å². The molecule has 0 unspecified atom stereocenters. The molecule has 2 rings (SSSR count). The van der Waals surface area contributed by atoms with Crippen molar-refractivity contribution in [3.63, 3.8) is 0 Å². The maximum Gasteiger partial charge on any atom is 0.415 e. The van der Waals surface area contributed by atoms with Crippen molar-refractivity contribution in [3.8, 4) is 0 Å². The Kier molecular flexibility index (Phi) is 2.72. The average Bonchev–Trinajstić information content (AvgIpc) is 2.61. The van der Waals surface area contributed by atoms with Gasteiger partial charge in [-0.2, -0.15) is 0 Å². The lowest BCUT2D eigenvalue weighted by Gasteiger charge is -2.11. The van der Waals surface area contributed by atoms with E-state index in [2.05, 4.69) is 0 Å². The van der Waals surface area contributed by atoms with Crippen LogP contribution in [0.25, 0.3) is 0 Å². The van der Waals surface area contributed by atoms with Gasteiger partial charge in [-0.25, -0.2) is 4.79 Å². The Hall–Kier alpha value is -1.77. The highest BCUT2D eigenvalue weighted by molar-refractivity contribution is 5.72. The molecule has 0 atom stereocenters. The van der Waals surface area contributed by atoms with Gasteiger partial charge < -0.3 is 4.74 Å². The third-order valence-corrected chi connectivity index (χ3v) is 2.36. The highest BCUT2D eigenvalue weighted by Gasteiger charge is 2.25. The SMILES string of the molecule is C/C=C1\CN(Cc2ccccc2)C(=O)O1. The molecule has 1 aromatic carbocycles. The van der Waals surface area contributed by atoms with Gasteiger partial charge in [-0.15, -0.1) is 0 Å². The number of rotatable bonds is 2. The van der Waals surface area contributed by atoms with Crippen LogP contribution in [0.5, 0.6) is 0 Å². The lowest BCUT2D eigenvalue weighted by atomic mass is 10.2. The second-order valence-corrected chi connectivity index (χ2v) is 3.46. The summed E-state index contributed by atoms with van der Waals surface area (Å²) in [6, 6.07) is 9.89. The van der Waals surface area contributed by atoms with Crippen LogP contribution in [-0.2, 0) is 11.3 Å². The third kappa shape index (κ3) is 2.18. The minimum Gasteiger partial charge on any atom is -0.413 e. The topological polar surface area (TPSA) is 29.5 Å². The molecule has 0 aromatic heterocycles. The van der Waals surface area contributed by atoms with Crippen molar-refractivity contribution in [2.45, 2.75) is 13.5 Å². The van der Waals surface area contributed by atoms with E-state index in [0.717, 1.165) is 11.3 Å². The summed E-state index contributed by atoms with van der Waals surface area (Å²) in [6.07, 6.45) is 1.56. The van der Waals surface area contributed by atoms with Gasteiger partial charge in [-0.1, -0.05) is 30.3 Å². The normalized spacial score (nSPS) is 18.3. The summed E-state index contributed by atoms with van der Waals surface area (Å²) in [6.45, 7) is 3.05. The third-order valence-electron chi connectivity index (χ3n) is 2.36. The number of ether oxygens (including phenoxy) is 1. The van der Waals surface area contributed by atoms with E-state index >= 15 is 0 Å². The maximum absolute atomic E-state index is 11.4. The smallest absolute Gasteiger partial charge is 0.413 e. The molecule has 78 valence electrons. The number of nitrogens with zero attached hydrogens (tertiary/aromatic N) is 1. The fraction of sp³-hybridized carbons (Fsp3) is 0.250. The largest absolute Gasteiger partial charge is 0.415 e. The first-order valence-electron chi connectivity index (χ1n) is 4.95. The molecule has 1 fully saturated rings. The fourth-order valence-electron chi connectivity index (χ4n) is 1.54. The van der Waals surface area contributed by atoms with Gasteiger partial charge in [0.2, 0.25) is 0 Å². The number of carbonyl (C=O) groups is 1. The number of benzene rings is 1. The lowest BCUT2D eigenvalue weighted by Crippen LogP contribution is -2.23. The van der Waals surface area contributed by atoms with Gasteiger partial charge in [0, 0.05) is 6.54 Å². The van der Waals surface area contributed by atoms with E-state index in [0.29, 0.717) is 13.1 Å². The number of amides is 1. The van der Waals surface area contributed by atoms with Crippen molar-refractivity contribution in [2.75, 3.05) is 6.54 Å². The summed E-state index contributed by atoms with van der Waals surface area (Å²) in [5.74, 6) is 0.732. The van der Waals surface area contributed by atoms with Crippen LogP contribution in [-0.4, -0.2) is 17.5 Å². The van der Waals surface area contributed by atoms with Crippen LogP contribution in [0.4, 0.5) is 4.79 Å². The fourth-order valence-corrected chi connectivity index (χ4v) is 1.54. The molecule has 1 amide bonds. The monoisotopic (exact) mass is 203 g/mol. The minimum absolute atomic E-state index is 0.257. The van der Waals surface area contributed by atoms with Crippen LogP contribution in [0, 0.1) is 0 Å². The van der Waals surface area contributed by atoms with Crippen LogP contribution in [0.3, 0.4) is 0 Å². The molecular formula is C12H13NO2. The van der Waals surface area contributed by atoms with E-state index in [-0.39, 0.29) is 6.09 Å². The van der Waals surface area contributed by atoms with Gasteiger partial charge >= 0.3 is 6.09 Å². The molecule has 0 radical (unpaired) electrons. The quantitative estimate of drug-likeness (QED) is 0.739. The molecule has 1 aliphatic rings. The Morgan fingerprint density at radius 3 is 2.73 bits per heavy atom. The number of cyclic esters (lactones) is 1. The first-order valence-corrected chi connectivity index (χ1v) is 4.95. The molecular weight excluding hydrogens is 190 g/mol. The van der Waals surface area contributed by atoms with Crippen molar-refractivity contribution in [1.29, 1.82) is 0 Å². The minimum atomic E-state index is -0.257. The number of allylic oxidation sites excluding steroid dienone is 1. The van der Waals surface area contributed by atoms with E-state index < -0.39 is 0 Å². The molecule has 1 aliphatic heterocycles. The highest BCUT2D eigenvalue weighted by Crippen LogP contribution is 2.17. The van der Waals surface area contributed by atoms with Crippen molar-refractivity contribution >= 4 is 6.09 Å². The van der Waals surface area contributed by atoms with Crippen LogP contribution in [0.15, 0.2) is 42.2 Å². The summed E-state index contributed by atoms with van der Waals surface area (Å²) >= 11 is 0. The summed E-state index contributed by atoms with van der Waals surface area (Å²) < 4.78 is 5.04. The Morgan fingerprint density at radius 2 is 2.13 bits per heavy atom. The Morgan fingerprint density at radius 1 is 1.40 bits per heavy atom. The predicted octanol–water partition coefficient (Wildman–Crippen LogP) is 2.54. The van der Waals surface area contributed by atoms with Crippen molar-refractivity contribution in [3.05, 3.63) is 47.7 Å². The number of hydrogen-bond acceptors (Lipinski definition) is 2. The zero-order chi connectivity index (χ0) is 10.7. The van der Waals surface area contributed by atoms with E-state index in [4.69, 9.17) is 4.74 Å². The molecule has 1 saturated heterocycles. The van der Waals surface area contributed by atoms with Gasteiger partial charge in [0.15, 0.2) is 0 Å². The van der Waals surface area contributed by atoms with Crippen LogP contribution < -0.4 is 0 Å². The molecule has 0 N–H and O–H groups in total. The molecule has 3 nitrogen and oxygen atoms in total. The van der Waals surface area contributed by atoms with E-state index in [1.165, 1.54) is 0 Å². The molecule has 0 spiro atoms. The van der Waals surface area contributed by atoms with Crippen LogP contribution >= 0.6 is 0 Å². The summed E-state index contributed by atoms with van der Waals surface area (Å²) in [7, 11) is 0. The second-order valence-electron chi connectivity index (χ2n) is 3.46. The van der Waals surface area contributed by atoms with Gasteiger partial charge in [0.25, 0.3) is 0 Å². The maximum atomic E-state index is 11.4. The standard InChI is InChI=1S/C12H13NO2/c1-2-11-9-13(12(14)15-11)8-10-6-4-3-5-7-10/h2-7H,8-9H2,1H3/b11-2+. The first kappa shape index (κ1) is 9.77. The molecule has 15 heavy (non-hydrogen) atoms.